The fourth-order valence-corrected chi connectivity index (χ4v) is 3.49. The van der Waals surface area contributed by atoms with Crippen LogP contribution in [0.15, 0.2) is 56.3 Å². The molecule has 0 aliphatic carbocycles. The Morgan fingerprint density at radius 3 is 2.62 bits per heavy atom. The molecule has 1 atom stereocenters. The predicted octanol–water partition coefficient (Wildman–Crippen LogP) is 2.53. The van der Waals surface area contributed by atoms with Crippen LogP contribution in [-0.2, 0) is 4.79 Å². The van der Waals surface area contributed by atoms with Gasteiger partial charge in [0.05, 0.1) is 11.4 Å². The highest BCUT2D eigenvalue weighted by Gasteiger charge is 2.22. The third kappa shape index (κ3) is 3.32. The van der Waals surface area contributed by atoms with Gasteiger partial charge >= 0.3 is 5.76 Å². The number of aromatic amines is 1. The number of hydrogen-bond donors (Lipinski definition) is 3. The molecule has 3 N–H and O–H groups in total. The van der Waals surface area contributed by atoms with Crippen LogP contribution in [0.25, 0.3) is 33.6 Å². The molecule has 0 radical (unpaired) electrons. The van der Waals surface area contributed by atoms with Crippen molar-refractivity contribution in [3.8, 4) is 22.7 Å². The maximum Gasteiger partial charge on any atom is 0.439 e. The summed E-state index contributed by atoms with van der Waals surface area (Å²) in [6.07, 6.45) is 1.87. The average molecular weight is 391 g/mol. The molecule has 9 nitrogen and oxygen atoms in total. The van der Waals surface area contributed by atoms with E-state index in [0.717, 1.165) is 36.0 Å². The molecule has 0 spiro atoms. The van der Waals surface area contributed by atoms with Crippen molar-refractivity contribution in [3.05, 3.63) is 53.0 Å². The van der Waals surface area contributed by atoms with Crippen LogP contribution >= 0.6 is 0 Å². The molecule has 4 aromatic rings. The number of H-pyrrole nitrogens is 1. The summed E-state index contributed by atoms with van der Waals surface area (Å²) >= 11 is 0. The Bertz CT molecular complexity index is 1230. The minimum Gasteiger partial charge on any atom is -0.355 e. The number of benzene rings is 2. The van der Waals surface area contributed by atoms with Gasteiger partial charge in [0.2, 0.25) is 5.91 Å². The van der Waals surface area contributed by atoms with Crippen LogP contribution in [0.1, 0.15) is 12.8 Å². The van der Waals surface area contributed by atoms with E-state index in [1.54, 1.807) is 12.1 Å². The third-order valence-corrected chi connectivity index (χ3v) is 4.98. The summed E-state index contributed by atoms with van der Waals surface area (Å²) < 4.78 is 10.1. The number of anilines is 1. The standard InChI is InChI=1S/C20H17N5O4/c26-19(16-2-1-9-21-16)22-13-6-3-11(4-7-13)17-14-10-12(5-8-15(14)24-28-17)18-23-20(27)29-25-18/h3-8,10,16,21H,1-2,9H2,(H,22,26)(H,23,25,27). The van der Waals surface area contributed by atoms with Crippen molar-refractivity contribution in [2.45, 2.75) is 18.9 Å². The second kappa shape index (κ2) is 7.02. The zero-order valence-electron chi connectivity index (χ0n) is 15.3. The lowest BCUT2D eigenvalue weighted by Gasteiger charge is -2.11. The summed E-state index contributed by atoms with van der Waals surface area (Å²) in [4.78, 5) is 26.0. The quantitative estimate of drug-likeness (QED) is 0.488. The van der Waals surface area contributed by atoms with Gasteiger partial charge in [-0.05, 0) is 61.9 Å². The highest BCUT2D eigenvalue weighted by Crippen LogP contribution is 2.32. The molecule has 1 unspecified atom stereocenters. The van der Waals surface area contributed by atoms with Crippen molar-refractivity contribution < 1.29 is 13.8 Å². The van der Waals surface area contributed by atoms with E-state index in [-0.39, 0.29) is 11.9 Å². The number of nitrogens with one attached hydrogen (secondary N) is 3. The Morgan fingerprint density at radius 1 is 1.07 bits per heavy atom. The number of amides is 1. The van der Waals surface area contributed by atoms with Crippen LogP contribution in [0.2, 0.25) is 0 Å². The van der Waals surface area contributed by atoms with Crippen molar-refractivity contribution in [3.63, 3.8) is 0 Å². The molecule has 0 bridgehead atoms. The van der Waals surface area contributed by atoms with E-state index in [2.05, 4.69) is 30.5 Å². The summed E-state index contributed by atoms with van der Waals surface area (Å²) in [7, 11) is 0. The zero-order chi connectivity index (χ0) is 19.8. The van der Waals surface area contributed by atoms with Gasteiger partial charge in [-0.2, -0.15) is 0 Å². The first-order valence-electron chi connectivity index (χ1n) is 9.28. The highest BCUT2D eigenvalue weighted by molar-refractivity contribution is 5.96. The Hall–Kier alpha value is -3.72. The fourth-order valence-electron chi connectivity index (χ4n) is 3.49. The van der Waals surface area contributed by atoms with Gasteiger partial charge in [0, 0.05) is 16.8 Å². The van der Waals surface area contributed by atoms with E-state index in [1.807, 2.05) is 30.3 Å². The lowest BCUT2D eigenvalue weighted by Crippen LogP contribution is -2.35. The normalized spacial score (nSPS) is 16.3. The molecule has 29 heavy (non-hydrogen) atoms. The Balaban J connectivity index is 1.42. The van der Waals surface area contributed by atoms with Crippen molar-refractivity contribution in [1.82, 2.24) is 20.6 Å². The van der Waals surface area contributed by atoms with E-state index >= 15 is 0 Å². The van der Waals surface area contributed by atoms with Crippen molar-refractivity contribution in [1.29, 1.82) is 0 Å². The molecule has 1 aliphatic heterocycles. The van der Waals surface area contributed by atoms with Crippen LogP contribution in [0.3, 0.4) is 0 Å². The first-order valence-corrected chi connectivity index (χ1v) is 9.28. The second-order valence-corrected chi connectivity index (χ2v) is 6.90. The molecule has 2 aromatic carbocycles. The Labute approximate surface area is 164 Å². The van der Waals surface area contributed by atoms with Crippen LogP contribution < -0.4 is 16.4 Å². The molecule has 1 saturated heterocycles. The van der Waals surface area contributed by atoms with Crippen molar-refractivity contribution >= 4 is 22.5 Å². The number of aromatic nitrogens is 3. The Morgan fingerprint density at radius 2 is 1.90 bits per heavy atom. The van der Waals surface area contributed by atoms with Crippen LogP contribution in [0.4, 0.5) is 5.69 Å². The predicted molar refractivity (Wildman–Crippen MR) is 105 cm³/mol. The van der Waals surface area contributed by atoms with Gasteiger partial charge in [0.1, 0.15) is 5.52 Å². The molecular weight excluding hydrogens is 374 g/mol. The van der Waals surface area contributed by atoms with E-state index in [4.69, 9.17) is 4.52 Å². The number of hydrogen-bond acceptors (Lipinski definition) is 7. The first-order chi connectivity index (χ1) is 14.2. The van der Waals surface area contributed by atoms with Gasteiger partial charge < -0.3 is 15.2 Å². The van der Waals surface area contributed by atoms with Gasteiger partial charge in [0.25, 0.3) is 0 Å². The maximum absolute atomic E-state index is 12.2. The maximum atomic E-state index is 12.2. The lowest BCUT2D eigenvalue weighted by atomic mass is 10.1. The molecule has 0 saturated carbocycles. The fraction of sp³-hybridized carbons (Fsp3) is 0.200. The third-order valence-electron chi connectivity index (χ3n) is 4.98. The van der Waals surface area contributed by atoms with Crippen LogP contribution in [0.5, 0.6) is 0 Å². The highest BCUT2D eigenvalue weighted by atomic mass is 16.5. The molecule has 2 aromatic heterocycles. The van der Waals surface area contributed by atoms with Gasteiger partial charge in [0.15, 0.2) is 11.6 Å². The summed E-state index contributed by atoms with van der Waals surface area (Å²) in [6.45, 7) is 0.875. The molecule has 5 rings (SSSR count). The van der Waals surface area contributed by atoms with Gasteiger partial charge in [-0.15, -0.1) is 0 Å². The van der Waals surface area contributed by atoms with Gasteiger partial charge in [-0.25, -0.2) is 4.79 Å². The number of rotatable bonds is 4. The lowest BCUT2D eigenvalue weighted by molar-refractivity contribution is -0.117. The van der Waals surface area contributed by atoms with E-state index in [0.29, 0.717) is 22.7 Å². The largest absolute Gasteiger partial charge is 0.439 e. The SMILES string of the molecule is O=C(Nc1ccc(-c2onc3ccc(-c4noc(=O)[nH]4)cc23)cc1)C1CCCN1. The first kappa shape index (κ1) is 17.4. The molecule has 1 amide bonds. The number of fused-ring (bicyclic) bond motifs is 1. The Kier molecular flexibility index (Phi) is 4.21. The van der Waals surface area contributed by atoms with E-state index in [9.17, 15) is 9.59 Å². The second-order valence-electron chi connectivity index (χ2n) is 6.90. The number of nitrogens with zero attached hydrogens (tertiary/aromatic N) is 2. The number of carbonyl (C=O) groups excluding carboxylic acids is 1. The zero-order valence-corrected chi connectivity index (χ0v) is 15.3. The molecule has 1 aliphatic rings. The molecule has 3 heterocycles. The summed E-state index contributed by atoms with van der Waals surface area (Å²) in [5.41, 5.74) is 2.90. The minimum atomic E-state index is -0.615. The van der Waals surface area contributed by atoms with Crippen molar-refractivity contribution in [2.24, 2.45) is 0 Å². The molecular formula is C20H17N5O4. The molecule has 9 heteroatoms. The van der Waals surface area contributed by atoms with Gasteiger partial charge in [-0.1, -0.05) is 10.3 Å². The smallest absolute Gasteiger partial charge is 0.355 e. The summed E-state index contributed by atoms with van der Waals surface area (Å²) in [6, 6.07) is 12.6. The van der Waals surface area contributed by atoms with Crippen molar-refractivity contribution in [2.75, 3.05) is 11.9 Å². The summed E-state index contributed by atoms with van der Waals surface area (Å²) in [5, 5.41) is 14.7. The topological polar surface area (TPSA) is 126 Å². The van der Waals surface area contributed by atoms with E-state index in [1.165, 1.54) is 0 Å². The minimum absolute atomic E-state index is 0.0217. The van der Waals surface area contributed by atoms with Gasteiger partial charge in [-0.3, -0.25) is 14.3 Å². The van der Waals surface area contributed by atoms with Crippen LogP contribution in [0, 0.1) is 0 Å². The number of carbonyl (C=O) groups is 1. The average Bonchev–Trinajstić information content (AvgIpc) is 3.49. The monoisotopic (exact) mass is 391 g/mol. The van der Waals surface area contributed by atoms with Crippen LogP contribution in [-0.4, -0.2) is 33.8 Å². The molecule has 146 valence electrons. The van der Waals surface area contributed by atoms with E-state index < -0.39 is 5.76 Å². The summed E-state index contributed by atoms with van der Waals surface area (Å²) in [5.74, 6) is 0.286. The molecule has 1 fully saturated rings.